The van der Waals surface area contributed by atoms with Crippen LogP contribution in [0.5, 0.6) is 5.75 Å². The van der Waals surface area contributed by atoms with Crippen molar-refractivity contribution in [3.8, 4) is 5.75 Å². The molecule has 17 heavy (non-hydrogen) atoms. The first kappa shape index (κ1) is 11.1. The first-order valence-corrected chi connectivity index (χ1v) is 5.09. The van der Waals surface area contributed by atoms with Gasteiger partial charge in [-0.3, -0.25) is 10.1 Å². The second-order valence-corrected chi connectivity index (χ2v) is 3.54. The zero-order valence-corrected chi connectivity index (χ0v) is 9.29. The maximum atomic E-state index is 10.3. The van der Waals surface area contributed by atoms with Crippen LogP contribution in [0.2, 0.25) is 0 Å². The molecule has 0 fully saturated rings. The van der Waals surface area contributed by atoms with Crippen LogP contribution in [0.25, 0.3) is 16.8 Å². The van der Waals surface area contributed by atoms with E-state index in [0.29, 0.717) is 0 Å². The van der Waals surface area contributed by atoms with Gasteiger partial charge < -0.3 is 4.74 Å². The number of nitro groups is 1. The van der Waals surface area contributed by atoms with Gasteiger partial charge in [-0.1, -0.05) is 24.3 Å². The fourth-order valence-corrected chi connectivity index (χ4v) is 1.69. The van der Waals surface area contributed by atoms with Crippen molar-refractivity contribution in [2.45, 2.75) is 0 Å². The van der Waals surface area contributed by atoms with Crippen LogP contribution in [0.15, 0.2) is 42.6 Å². The number of hydrogen-bond acceptors (Lipinski definition) is 3. The minimum atomic E-state index is -0.473. The Kier molecular flexibility index (Phi) is 3.05. The lowest BCUT2D eigenvalue weighted by Crippen LogP contribution is -1.86. The van der Waals surface area contributed by atoms with Gasteiger partial charge in [-0.15, -0.1) is 0 Å². The molecule has 2 rings (SSSR count). The molecule has 0 heterocycles. The van der Waals surface area contributed by atoms with Gasteiger partial charge in [0.2, 0.25) is 6.20 Å². The van der Waals surface area contributed by atoms with Crippen molar-refractivity contribution in [2.24, 2.45) is 0 Å². The van der Waals surface area contributed by atoms with E-state index in [-0.39, 0.29) is 0 Å². The van der Waals surface area contributed by atoms with Crippen LogP contribution in [-0.4, -0.2) is 12.0 Å². The van der Waals surface area contributed by atoms with Crippen LogP contribution in [0.1, 0.15) is 5.56 Å². The van der Waals surface area contributed by atoms with Gasteiger partial charge in [0.15, 0.2) is 0 Å². The van der Waals surface area contributed by atoms with Gasteiger partial charge in [0.25, 0.3) is 0 Å². The van der Waals surface area contributed by atoms with Crippen LogP contribution >= 0.6 is 0 Å². The Hall–Kier alpha value is -2.36. The summed E-state index contributed by atoms with van der Waals surface area (Å²) in [6.45, 7) is 0. The molecule has 0 bridgehead atoms. The lowest BCUT2D eigenvalue weighted by atomic mass is 10.0. The number of fused-ring (bicyclic) bond motifs is 1. The number of nitrogens with zero attached hydrogens (tertiary/aromatic N) is 1. The molecule has 0 aliphatic carbocycles. The average Bonchev–Trinajstić information content (AvgIpc) is 2.35. The third kappa shape index (κ3) is 2.42. The van der Waals surface area contributed by atoms with Crippen LogP contribution in [0.3, 0.4) is 0 Å². The summed E-state index contributed by atoms with van der Waals surface area (Å²) in [5.74, 6) is 0.736. The maximum absolute atomic E-state index is 10.3. The molecule has 0 saturated carbocycles. The van der Waals surface area contributed by atoms with Gasteiger partial charge in [0, 0.05) is 6.08 Å². The summed E-state index contributed by atoms with van der Waals surface area (Å²) in [5.41, 5.74) is 0.804. The predicted octanol–water partition coefficient (Wildman–Crippen LogP) is 3.10. The van der Waals surface area contributed by atoms with E-state index in [0.717, 1.165) is 28.3 Å². The van der Waals surface area contributed by atoms with Crippen LogP contribution < -0.4 is 4.74 Å². The second kappa shape index (κ2) is 4.65. The molecule has 0 radical (unpaired) electrons. The van der Waals surface area contributed by atoms with Crippen LogP contribution in [0, 0.1) is 10.1 Å². The molecule has 0 spiro atoms. The van der Waals surface area contributed by atoms with Crippen molar-refractivity contribution in [1.82, 2.24) is 0 Å². The first-order valence-electron chi connectivity index (χ1n) is 5.09. The van der Waals surface area contributed by atoms with E-state index < -0.39 is 4.92 Å². The fraction of sp³-hybridized carbons (Fsp3) is 0.0769. The van der Waals surface area contributed by atoms with Crippen molar-refractivity contribution in [3.63, 3.8) is 0 Å². The summed E-state index contributed by atoms with van der Waals surface area (Å²) >= 11 is 0. The minimum absolute atomic E-state index is 0.473. The highest BCUT2D eigenvalue weighted by Gasteiger charge is 2.01. The van der Waals surface area contributed by atoms with E-state index in [2.05, 4.69) is 0 Å². The van der Waals surface area contributed by atoms with E-state index in [1.165, 1.54) is 6.08 Å². The molecule has 2 aromatic carbocycles. The third-order valence-corrected chi connectivity index (χ3v) is 2.50. The molecule has 0 unspecified atom stereocenters. The first-order chi connectivity index (χ1) is 8.20. The van der Waals surface area contributed by atoms with E-state index in [9.17, 15) is 10.1 Å². The summed E-state index contributed by atoms with van der Waals surface area (Å²) in [6, 6.07) is 11.3. The van der Waals surface area contributed by atoms with Crippen molar-refractivity contribution in [1.29, 1.82) is 0 Å². The molecular formula is C13H11NO3. The number of rotatable bonds is 3. The number of benzene rings is 2. The Morgan fingerprint density at radius 1 is 1.29 bits per heavy atom. The van der Waals surface area contributed by atoms with Crippen LogP contribution in [-0.2, 0) is 0 Å². The molecule has 0 saturated heterocycles. The fourth-order valence-electron chi connectivity index (χ4n) is 1.69. The smallest absolute Gasteiger partial charge is 0.235 e. The summed E-state index contributed by atoms with van der Waals surface area (Å²) in [5, 5.41) is 12.3. The van der Waals surface area contributed by atoms with Crippen molar-refractivity contribution < 1.29 is 9.66 Å². The normalized spacial score (nSPS) is 10.9. The summed E-state index contributed by atoms with van der Waals surface area (Å²) in [4.78, 5) is 9.85. The standard InChI is InChI=1S/C13H11NO3/c1-17-12-6-5-10-3-2-4-11(13(10)9-12)7-8-14(15)16/h2-9H,1H3/b8-7+. The summed E-state index contributed by atoms with van der Waals surface area (Å²) in [6.07, 6.45) is 2.43. The molecular weight excluding hydrogens is 218 g/mol. The molecule has 86 valence electrons. The SMILES string of the molecule is COc1ccc2cccc(/C=C/[N+](=O)[O-])c2c1. The van der Waals surface area contributed by atoms with Gasteiger partial charge in [-0.05, 0) is 28.5 Å². The Morgan fingerprint density at radius 2 is 2.12 bits per heavy atom. The highest BCUT2D eigenvalue weighted by molar-refractivity contribution is 5.91. The van der Waals surface area contributed by atoms with Gasteiger partial charge in [-0.2, -0.15) is 0 Å². The third-order valence-electron chi connectivity index (χ3n) is 2.50. The quantitative estimate of drug-likeness (QED) is 0.600. The monoisotopic (exact) mass is 229 g/mol. The maximum Gasteiger partial charge on any atom is 0.235 e. The Balaban J connectivity index is 2.58. The molecule has 2 aromatic rings. The minimum Gasteiger partial charge on any atom is -0.497 e. The Labute approximate surface area is 98.3 Å². The molecule has 4 nitrogen and oxygen atoms in total. The molecule has 0 aromatic heterocycles. The lowest BCUT2D eigenvalue weighted by molar-refractivity contribution is -0.400. The lowest BCUT2D eigenvalue weighted by Gasteiger charge is -2.04. The van der Waals surface area contributed by atoms with Gasteiger partial charge in [0.1, 0.15) is 5.75 Å². The van der Waals surface area contributed by atoms with Crippen molar-refractivity contribution >= 4 is 16.8 Å². The molecule has 0 amide bonds. The molecule has 0 N–H and O–H groups in total. The number of methoxy groups -OCH3 is 1. The zero-order valence-electron chi connectivity index (χ0n) is 9.29. The van der Waals surface area contributed by atoms with E-state index in [1.54, 1.807) is 7.11 Å². The zero-order chi connectivity index (χ0) is 12.3. The molecule has 4 heteroatoms. The topological polar surface area (TPSA) is 52.4 Å². The second-order valence-electron chi connectivity index (χ2n) is 3.54. The summed E-state index contributed by atoms with van der Waals surface area (Å²) in [7, 11) is 1.59. The largest absolute Gasteiger partial charge is 0.497 e. The van der Waals surface area contributed by atoms with E-state index in [1.807, 2.05) is 36.4 Å². The average molecular weight is 229 g/mol. The van der Waals surface area contributed by atoms with Crippen molar-refractivity contribution in [3.05, 3.63) is 58.3 Å². The molecule has 0 atom stereocenters. The van der Waals surface area contributed by atoms with E-state index in [4.69, 9.17) is 4.74 Å². The summed E-state index contributed by atoms with van der Waals surface area (Å²) < 4.78 is 5.14. The van der Waals surface area contributed by atoms with Crippen LogP contribution in [0.4, 0.5) is 0 Å². The predicted molar refractivity (Wildman–Crippen MR) is 66.5 cm³/mol. The Bertz CT molecular complexity index is 590. The van der Waals surface area contributed by atoms with Gasteiger partial charge in [-0.25, -0.2) is 0 Å². The number of ether oxygens (including phenoxy) is 1. The van der Waals surface area contributed by atoms with Gasteiger partial charge >= 0.3 is 0 Å². The molecule has 0 aliphatic heterocycles. The van der Waals surface area contributed by atoms with Crippen molar-refractivity contribution in [2.75, 3.05) is 7.11 Å². The highest BCUT2D eigenvalue weighted by atomic mass is 16.6. The Morgan fingerprint density at radius 3 is 2.82 bits per heavy atom. The van der Waals surface area contributed by atoms with Gasteiger partial charge in [0.05, 0.1) is 12.0 Å². The van der Waals surface area contributed by atoms with E-state index >= 15 is 0 Å². The number of hydrogen-bond donors (Lipinski definition) is 0. The molecule has 0 aliphatic rings. The highest BCUT2D eigenvalue weighted by Crippen LogP contribution is 2.24.